The van der Waals surface area contributed by atoms with Crippen LogP contribution in [0, 0.1) is 0 Å². The van der Waals surface area contributed by atoms with Crippen molar-refractivity contribution in [1.29, 1.82) is 0 Å². The molecule has 1 aromatic carbocycles. The maximum Gasteiger partial charge on any atom is 0.175 e. The van der Waals surface area contributed by atoms with Gasteiger partial charge in [-0.05, 0) is 31.2 Å². The van der Waals surface area contributed by atoms with Crippen LogP contribution in [0.15, 0.2) is 29.2 Å². The van der Waals surface area contributed by atoms with Crippen LogP contribution in [0.4, 0.5) is 5.69 Å². The highest BCUT2D eigenvalue weighted by molar-refractivity contribution is 7.90. The fraction of sp³-hybridized carbons (Fsp3) is 0.571. The number of nitrogens with two attached hydrogens (primary N) is 1. The Hall–Kier alpha value is -1.11. The van der Waals surface area contributed by atoms with Crippen LogP contribution in [0.5, 0.6) is 0 Å². The normalized spacial score (nSPS) is 19.1. The van der Waals surface area contributed by atoms with Crippen LogP contribution < -0.4 is 10.6 Å². The van der Waals surface area contributed by atoms with Crippen LogP contribution in [-0.4, -0.2) is 58.3 Å². The summed E-state index contributed by atoms with van der Waals surface area (Å²) < 4.78 is 22.9. The van der Waals surface area contributed by atoms with Crippen LogP contribution in [0.1, 0.15) is 6.92 Å². The molecule has 1 saturated heterocycles. The summed E-state index contributed by atoms with van der Waals surface area (Å²) in [7, 11) is -3.11. The number of piperazine rings is 1. The molecule has 1 fully saturated rings. The maximum absolute atomic E-state index is 11.4. The average molecular weight is 297 g/mol. The van der Waals surface area contributed by atoms with Gasteiger partial charge >= 0.3 is 0 Å². The number of anilines is 1. The second kappa shape index (κ2) is 6.11. The molecule has 0 aromatic heterocycles. The molecule has 0 spiro atoms. The Morgan fingerprint density at radius 2 is 1.70 bits per heavy atom. The van der Waals surface area contributed by atoms with Gasteiger partial charge in [-0.1, -0.05) is 0 Å². The van der Waals surface area contributed by atoms with Gasteiger partial charge in [0.15, 0.2) is 9.84 Å². The third-order valence-corrected chi connectivity index (χ3v) is 5.04. The zero-order chi connectivity index (χ0) is 14.8. The molecule has 0 radical (unpaired) electrons. The van der Waals surface area contributed by atoms with Crippen molar-refractivity contribution in [3.05, 3.63) is 24.3 Å². The van der Waals surface area contributed by atoms with E-state index < -0.39 is 9.84 Å². The molecule has 0 amide bonds. The van der Waals surface area contributed by atoms with Gasteiger partial charge in [-0.25, -0.2) is 8.42 Å². The summed E-state index contributed by atoms with van der Waals surface area (Å²) in [6, 6.07) is 7.56. The average Bonchev–Trinajstić information content (AvgIpc) is 2.46. The minimum Gasteiger partial charge on any atom is -0.369 e. The smallest absolute Gasteiger partial charge is 0.175 e. The Bertz CT molecular complexity index is 534. The minimum atomic E-state index is -3.11. The molecule has 0 saturated carbocycles. The molecule has 2 N–H and O–H groups in total. The standard InChI is InChI=1S/C14H23N3O2S/c1-12(11-15)16-7-9-17(10-8-16)13-3-5-14(6-4-13)20(2,18)19/h3-6,12H,7-11,15H2,1-2H3. The molecule has 1 aliphatic heterocycles. The van der Waals surface area contributed by atoms with Gasteiger partial charge < -0.3 is 10.6 Å². The molecule has 0 aliphatic carbocycles. The Balaban J connectivity index is 2.01. The number of hydrogen-bond donors (Lipinski definition) is 1. The van der Waals surface area contributed by atoms with Crippen molar-refractivity contribution >= 4 is 15.5 Å². The fourth-order valence-corrected chi connectivity index (χ4v) is 3.10. The van der Waals surface area contributed by atoms with E-state index in [1.807, 2.05) is 12.1 Å². The zero-order valence-corrected chi connectivity index (χ0v) is 12.9. The topological polar surface area (TPSA) is 66.6 Å². The molecule has 1 aromatic rings. The largest absolute Gasteiger partial charge is 0.369 e. The van der Waals surface area contributed by atoms with Crippen molar-refractivity contribution in [3.63, 3.8) is 0 Å². The van der Waals surface area contributed by atoms with E-state index in [1.54, 1.807) is 12.1 Å². The van der Waals surface area contributed by atoms with Crippen LogP contribution in [0.3, 0.4) is 0 Å². The summed E-state index contributed by atoms with van der Waals surface area (Å²) in [5.74, 6) is 0. The van der Waals surface area contributed by atoms with Crippen molar-refractivity contribution < 1.29 is 8.42 Å². The van der Waals surface area contributed by atoms with Gasteiger partial charge in [-0.3, -0.25) is 4.90 Å². The van der Waals surface area contributed by atoms with Gasteiger partial charge in [0.1, 0.15) is 0 Å². The lowest BCUT2D eigenvalue weighted by molar-refractivity contribution is 0.201. The van der Waals surface area contributed by atoms with Crippen molar-refractivity contribution in [3.8, 4) is 0 Å². The molecule has 1 heterocycles. The third-order valence-electron chi connectivity index (χ3n) is 3.91. The fourth-order valence-electron chi connectivity index (χ4n) is 2.47. The van der Waals surface area contributed by atoms with Crippen LogP contribution in [-0.2, 0) is 9.84 Å². The van der Waals surface area contributed by atoms with Gasteiger partial charge in [0.05, 0.1) is 4.90 Å². The van der Waals surface area contributed by atoms with Gasteiger partial charge in [0.25, 0.3) is 0 Å². The summed E-state index contributed by atoms with van der Waals surface area (Å²) in [4.78, 5) is 5.05. The second-order valence-corrected chi connectivity index (χ2v) is 7.39. The summed E-state index contributed by atoms with van der Waals surface area (Å²) in [6.45, 7) is 6.71. The summed E-state index contributed by atoms with van der Waals surface area (Å²) >= 11 is 0. The molecule has 1 unspecified atom stereocenters. The summed E-state index contributed by atoms with van der Waals surface area (Å²) in [5.41, 5.74) is 6.77. The monoisotopic (exact) mass is 297 g/mol. The molecule has 0 bridgehead atoms. The number of rotatable bonds is 4. The van der Waals surface area contributed by atoms with E-state index in [2.05, 4.69) is 16.7 Å². The molecular weight excluding hydrogens is 274 g/mol. The first-order chi connectivity index (χ1) is 9.41. The highest BCUT2D eigenvalue weighted by Gasteiger charge is 2.20. The SMILES string of the molecule is CC(CN)N1CCN(c2ccc(S(C)(=O)=O)cc2)CC1. The van der Waals surface area contributed by atoms with Crippen molar-refractivity contribution in [2.45, 2.75) is 17.9 Å². The number of hydrogen-bond acceptors (Lipinski definition) is 5. The summed E-state index contributed by atoms with van der Waals surface area (Å²) in [5, 5.41) is 0. The maximum atomic E-state index is 11.4. The van der Waals surface area contributed by atoms with Crippen molar-refractivity contribution in [1.82, 2.24) is 4.90 Å². The van der Waals surface area contributed by atoms with Gasteiger partial charge in [-0.15, -0.1) is 0 Å². The third kappa shape index (κ3) is 3.50. The Labute approximate surface area is 121 Å². The van der Waals surface area contributed by atoms with E-state index in [0.29, 0.717) is 17.5 Å². The molecule has 1 aliphatic rings. The Morgan fingerprint density at radius 1 is 1.15 bits per heavy atom. The molecule has 1 atom stereocenters. The lowest BCUT2D eigenvalue weighted by Crippen LogP contribution is -2.51. The molecule has 20 heavy (non-hydrogen) atoms. The Morgan fingerprint density at radius 3 is 2.15 bits per heavy atom. The summed E-state index contributed by atoms with van der Waals surface area (Å²) in [6.07, 6.45) is 1.23. The van der Waals surface area contributed by atoms with E-state index in [9.17, 15) is 8.42 Å². The molecular formula is C14H23N3O2S. The van der Waals surface area contributed by atoms with E-state index in [4.69, 9.17) is 5.73 Å². The van der Waals surface area contributed by atoms with E-state index in [-0.39, 0.29) is 0 Å². The number of nitrogens with zero attached hydrogens (tertiary/aromatic N) is 2. The Kier molecular flexibility index (Phi) is 4.67. The predicted octanol–water partition coefficient (Wildman–Crippen LogP) is 0.559. The van der Waals surface area contributed by atoms with Crippen LogP contribution >= 0.6 is 0 Å². The number of benzene rings is 1. The second-order valence-electron chi connectivity index (χ2n) is 5.37. The van der Waals surface area contributed by atoms with Crippen molar-refractivity contribution in [2.75, 3.05) is 43.9 Å². The zero-order valence-electron chi connectivity index (χ0n) is 12.1. The minimum absolute atomic E-state index is 0.372. The van der Waals surface area contributed by atoms with E-state index >= 15 is 0 Å². The van der Waals surface area contributed by atoms with Crippen molar-refractivity contribution in [2.24, 2.45) is 5.73 Å². The number of sulfone groups is 1. The first kappa shape index (κ1) is 15.3. The van der Waals surface area contributed by atoms with Gasteiger partial charge in [0.2, 0.25) is 0 Å². The van der Waals surface area contributed by atoms with E-state index in [1.165, 1.54) is 6.26 Å². The van der Waals surface area contributed by atoms with E-state index in [0.717, 1.165) is 31.9 Å². The highest BCUT2D eigenvalue weighted by Crippen LogP contribution is 2.19. The highest BCUT2D eigenvalue weighted by atomic mass is 32.2. The van der Waals surface area contributed by atoms with Gasteiger partial charge in [0, 0.05) is 50.7 Å². The van der Waals surface area contributed by atoms with Crippen LogP contribution in [0.2, 0.25) is 0 Å². The lowest BCUT2D eigenvalue weighted by atomic mass is 10.2. The van der Waals surface area contributed by atoms with Crippen LogP contribution in [0.25, 0.3) is 0 Å². The van der Waals surface area contributed by atoms with Gasteiger partial charge in [-0.2, -0.15) is 0 Å². The predicted molar refractivity (Wildman–Crippen MR) is 81.9 cm³/mol. The first-order valence-electron chi connectivity index (χ1n) is 6.91. The lowest BCUT2D eigenvalue weighted by Gasteiger charge is -2.38. The molecule has 5 nitrogen and oxygen atoms in total. The molecule has 2 rings (SSSR count). The molecule has 112 valence electrons. The first-order valence-corrected chi connectivity index (χ1v) is 8.80. The quantitative estimate of drug-likeness (QED) is 0.879. The molecule has 6 heteroatoms.